The van der Waals surface area contributed by atoms with Gasteiger partial charge < -0.3 is 10.4 Å². The zero-order valence-corrected chi connectivity index (χ0v) is 14.6. The zero-order valence-electron chi connectivity index (χ0n) is 14.6. The molecule has 2 N–H and O–H groups in total. The monoisotopic (exact) mass is 323 g/mol. The Bertz CT molecular complexity index is 743. The minimum Gasteiger partial charge on any atom is -0.383 e. The molecule has 0 bridgehead atoms. The fourth-order valence-electron chi connectivity index (χ4n) is 3.30. The molecule has 1 unspecified atom stereocenters. The molecule has 1 aliphatic carbocycles. The minimum atomic E-state index is -0.961. The molecule has 0 saturated heterocycles. The first-order valence-corrected chi connectivity index (χ1v) is 8.49. The van der Waals surface area contributed by atoms with Crippen molar-refractivity contribution in [3.05, 3.63) is 70.8 Å². The molecule has 1 aliphatic rings. The standard InChI is InChI=1S/C21H25NO2/c1-20(2,3)17-10-8-16(9-11-17)19(23)22-14-21(24)13-12-15-6-4-5-7-18(15)21/h4-11,24H,12-14H2,1-3H3,(H,22,23). The minimum absolute atomic E-state index is 0.0672. The summed E-state index contributed by atoms with van der Waals surface area (Å²) in [6.07, 6.45) is 1.50. The highest BCUT2D eigenvalue weighted by molar-refractivity contribution is 5.94. The Morgan fingerprint density at radius 2 is 1.79 bits per heavy atom. The van der Waals surface area contributed by atoms with Crippen LogP contribution in [0, 0.1) is 0 Å². The number of hydrogen-bond donors (Lipinski definition) is 2. The predicted octanol–water partition coefficient (Wildman–Crippen LogP) is 3.55. The number of nitrogens with one attached hydrogen (secondary N) is 1. The van der Waals surface area contributed by atoms with Crippen molar-refractivity contribution in [2.24, 2.45) is 0 Å². The number of aryl methyl sites for hydroxylation is 1. The first-order chi connectivity index (χ1) is 11.3. The van der Waals surface area contributed by atoms with Gasteiger partial charge in [-0.2, -0.15) is 0 Å². The van der Waals surface area contributed by atoms with Crippen molar-refractivity contribution in [2.45, 2.75) is 44.6 Å². The Kier molecular flexibility index (Phi) is 4.22. The van der Waals surface area contributed by atoms with Gasteiger partial charge in [0.25, 0.3) is 5.91 Å². The second-order valence-corrected chi connectivity index (χ2v) is 7.70. The summed E-state index contributed by atoms with van der Waals surface area (Å²) < 4.78 is 0. The van der Waals surface area contributed by atoms with Gasteiger partial charge in [0.1, 0.15) is 5.60 Å². The Balaban J connectivity index is 1.68. The molecule has 0 aliphatic heterocycles. The molecule has 3 rings (SSSR count). The number of carbonyl (C=O) groups is 1. The van der Waals surface area contributed by atoms with Gasteiger partial charge in [0.05, 0.1) is 6.54 Å². The quantitative estimate of drug-likeness (QED) is 0.907. The third kappa shape index (κ3) is 3.22. The van der Waals surface area contributed by atoms with E-state index in [-0.39, 0.29) is 17.9 Å². The van der Waals surface area contributed by atoms with E-state index in [0.29, 0.717) is 12.0 Å². The molecule has 3 nitrogen and oxygen atoms in total. The van der Waals surface area contributed by atoms with Crippen molar-refractivity contribution in [3.8, 4) is 0 Å². The van der Waals surface area contributed by atoms with Crippen LogP contribution in [-0.2, 0) is 17.4 Å². The van der Waals surface area contributed by atoms with Crippen molar-refractivity contribution in [1.82, 2.24) is 5.32 Å². The molecule has 0 spiro atoms. The number of fused-ring (bicyclic) bond motifs is 1. The lowest BCUT2D eigenvalue weighted by atomic mass is 9.86. The average molecular weight is 323 g/mol. The smallest absolute Gasteiger partial charge is 0.251 e. The van der Waals surface area contributed by atoms with E-state index in [2.05, 4.69) is 26.1 Å². The maximum atomic E-state index is 12.4. The highest BCUT2D eigenvalue weighted by Gasteiger charge is 2.36. The average Bonchev–Trinajstić information content (AvgIpc) is 2.90. The van der Waals surface area contributed by atoms with Crippen LogP contribution in [-0.4, -0.2) is 17.6 Å². The van der Waals surface area contributed by atoms with Crippen LogP contribution >= 0.6 is 0 Å². The molecule has 0 saturated carbocycles. The topological polar surface area (TPSA) is 49.3 Å². The summed E-state index contributed by atoms with van der Waals surface area (Å²) in [6.45, 7) is 6.68. The van der Waals surface area contributed by atoms with E-state index in [4.69, 9.17) is 0 Å². The third-order valence-electron chi connectivity index (χ3n) is 4.88. The predicted molar refractivity (Wildman–Crippen MR) is 96.1 cm³/mol. The number of amides is 1. The van der Waals surface area contributed by atoms with Crippen LogP contribution in [0.4, 0.5) is 0 Å². The van der Waals surface area contributed by atoms with E-state index in [0.717, 1.165) is 12.0 Å². The lowest BCUT2D eigenvalue weighted by Gasteiger charge is -2.24. The fraction of sp³-hybridized carbons (Fsp3) is 0.381. The van der Waals surface area contributed by atoms with Crippen molar-refractivity contribution >= 4 is 5.91 Å². The van der Waals surface area contributed by atoms with Crippen LogP contribution in [0.5, 0.6) is 0 Å². The molecule has 0 fully saturated rings. The van der Waals surface area contributed by atoms with Gasteiger partial charge in [0.2, 0.25) is 0 Å². The number of rotatable bonds is 3. The van der Waals surface area contributed by atoms with E-state index in [1.165, 1.54) is 11.1 Å². The lowest BCUT2D eigenvalue weighted by molar-refractivity contribution is 0.0369. The Hall–Kier alpha value is -2.13. The fourth-order valence-corrected chi connectivity index (χ4v) is 3.30. The van der Waals surface area contributed by atoms with E-state index in [9.17, 15) is 9.90 Å². The molecular weight excluding hydrogens is 298 g/mol. The number of carbonyl (C=O) groups excluding carboxylic acids is 1. The Labute approximate surface area is 143 Å². The van der Waals surface area contributed by atoms with Crippen LogP contribution in [0.15, 0.2) is 48.5 Å². The second-order valence-electron chi connectivity index (χ2n) is 7.70. The summed E-state index contributed by atoms with van der Waals surface area (Å²) in [4.78, 5) is 12.4. The highest BCUT2D eigenvalue weighted by Crippen LogP contribution is 2.36. The molecule has 1 amide bonds. The number of aliphatic hydroxyl groups is 1. The summed E-state index contributed by atoms with van der Waals surface area (Å²) in [5, 5.41) is 13.8. The van der Waals surface area contributed by atoms with Crippen LogP contribution in [0.25, 0.3) is 0 Å². The summed E-state index contributed by atoms with van der Waals surface area (Å²) in [6, 6.07) is 15.6. The molecule has 126 valence electrons. The second kappa shape index (κ2) is 6.06. The molecule has 0 radical (unpaired) electrons. The molecule has 0 aromatic heterocycles. The summed E-state index contributed by atoms with van der Waals surface area (Å²) in [5.74, 6) is -0.145. The molecule has 24 heavy (non-hydrogen) atoms. The highest BCUT2D eigenvalue weighted by atomic mass is 16.3. The molecule has 2 aromatic rings. The van der Waals surface area contributed by atoms with Crippen molar-refractivity contribution in [1.29, 1.82) is 0 Å². The zero-order chi connectivity index (χ0) is 17.4. The van der Waals surface area contributed by atoms with Gasteiger partial charge in [-0.3, -0.25) is 4.79 Å². The van der Waals surface area contributed by atoms with Gasteiger partial charge in [-0.15, -0.1) is 0 Å². The molecule has 0 heterocycles. The molecule has 1 atom stereocenters. The van der Waals surface area contributed by atoms with E-state index in [1.54, 1.807) is 0 Å². The van der Waals surface area contributed by atoms with Gasteiger partial charge in [-0.1, -0.05) is 57.2 Å². The summed E-state index contributed by atoms with van der Waals surface area (Å²) in [7, 11) is 0. The van der Waals surface area contributed by atoms with E-state index < -0.39 is 5.60 Å². The van der Waals surface area contributed by atoms with Gasteiger partial charge in [0.15, 0.2) is 0 Å². The van der Waals surface area contributed by atoms with Crippen LogP contribution in [0.2, 0.25) is 0 Å². The molecular formula is C21H25NO2. The summed E-state index contributed by atoms with van der Waals surface area (Å²) in [5.41, 5.74) is 3.03. The normalized spacial score (nSPS) is 19.8. The summed E-state index contributed by atoms with van der Waals surface area (Å²) >= 11 is 0. The van der Waals surface area contributed by atoms with Gasteiger partial charge in [0, 0.05) is 5.56 Å². The van der Waals surface area contributed by atoms with Gasteiger partial charge >= 0.3 is 0 Å². The first kappa shape index (κ1) is 16.7. The SMILES string of the molecule is CC(C)(C)c1ccc(C(=O)NCC2(O)CCc3ccccc32)cc1. The largest absolute Gasteiger partial charge is 0.383 e. The Morgan fingerprint density at radius 3 is 2.46 bits per heavy atom. The van der Waals surface area contributed by atoms with Gasteiger partial charge in [-0.05, 0) is 47.1 Å². The van der Waals surface area contributed by atoms with Gasteiger partial charge in [-0.25, -0.2) is 0 Å². The van der Waals surface area contributed by atoms with Crippen LogP contribution in [0.1, 0.15) is 54.2 Å². The van der Waals surface area contributed by atoms with Crippen molar-refractivity contribution in [2.75, 3.05) is 6.54 Å². The maximum Gasteiger partial charge on any atom is 0.251 e. The molecule has 3 heteroatoms. The van der Waals surface area contributed by atoms with Crippen LogP contribution < -0.4 is 5.32 Å². The first-order valence-electron chi connectivity index (χ1n) is 8.49. The maximum absolute atomic E-state index is 12.4. The van der Waals surface area contributed by atoms with Crippen molar-refractivity contribution in [3.63, 3.8) is 0 Å². The third-order valence-corrected chi connectivity index (χ3v) is 4.88. The number of benzene rings is 2. The molecule has 2 aromatic carbocycles. The number of hydrogen-bond acceptors (Lipinski definition) is 2. The van der Waals surface area contributed by atoms with Crippen LogP contribution in [0.3, 0.4) is 0 Å². The van der Waals surface area contributed by atoms with Crippen molar-refractivity contribution < 1.29 is 9.90 Å². The Morgan fingerprint density at radius 1 is 1.12 bits per heavy atom. The lowest BCUT2D eigenvalue weighted by Crippen LogP contribution is -2.39. The van der Waals surface area contributed by atoms with E-state index >= 15 is 0 Å². The van der Waals surface area contributed by atoms with E-state index in [1.807, 2.05) is 48.5 Å².